The summed E-state index contributed by atoms with van der Waals surface area (Å²) in [6, 6.07) is 8.35. The normalized spacial score (nSPS) is 14.6. The van der Waals surface area contributed by atoms with Crippen molar-refractivity contribution in [2.24, 2.45) is 5.73 Å². The van der Waals surface area contributed by atoms with E-state index < -0.39 is 0 Å². The van der Waals surface area contributed by atoms with Crippen molar-refractivity contribution in [2.75, 3.05) is 18.4 Å². The second-order valence-corrected chi connectivity index (χ2v) is 5.50. The van der Waals surface area contributed by atoms with Crippen LogP contribution in [0.5, 0.6) is 0 Å². The van der Waals surface area contributed by atoms with E-state index in [-0.39, 0.29) is 5.91 Å². The third-order valence-electron chi connectivity index (χ3n) is 3.68. The second kappa shape index (κ2) is 7.41. The Kier molecular flexibility index (Phi) is 5.56. The molecule has 20 heavy (non-hydrogen) atoms. The molecule has 0 aromatic heterocycles. The second-order valence-electron chi connectivity index (χ2n) is 5.50. The lowest BCUT2D eigenvalue weighted by molar-refractivity contribution is -0.117. The Hall–Kier alpha value is -1.39. The van der Waals surface area contributed by atoms with Crippen molar-refractivity contribution in [1.82, 2.24) is 4.90 Å². The van der Waals surface area contributed by atoms with Gasteiger partial charge in [0.25, 0.3) is 0 Å². The molecule has 2 rings (SSSR count). The van der Waals surface area contributed by atoms with Gasteiger partial charge < -0.3 is 11.1 Å². The molecule has 0 bridgehead atoms. The highest BCUT2D eigenvalue weighted by molar-refractivity contribution is 5.92. The maximum absolute atomic E-state index is 12.1. The van der Waals surface area contributed by atoms with Crippen molar-refractivity contribution in [3.05, 3.63) is 29.8 Å². The Morgan fingerprint density at radius 2 is 2.05 bits per heavy atom. The number of nitrogens with two attached hydrogens (primary N) is 1. The number of anilines is 1. The highest BCUT2D eigenvalue weighted by Gasteiger charge is 2.29. The van der Waals surface area contributed by atoms with Crippen LogP contribution in [0.2, 0.25) is 0 Å². The number of carbonyl (C=O) groups is 1. The zero-order valence-corrected chi connectivity index (χ0v) is 12.3. The predicted molar refractivity (Wildman–Crippen MR) is 82.5 cm³/mol. The number of amides is 1. The highest BCUT2D eigenvalue weighted by Crippen LogP contribution is 2.26. The standard InChI is InChI=1S/C16H25N3O/c1-2-3-10-19(15-8-9-15)12-16(20)18-14-6-4-13(11-17)5-7-14/h4-7,15H,2-3,8-12,17H2,1H3,(H,18,20). The lowest BCUT2D eigenvalue weighted by Gasteiger charge is -2.21. The smallest absolute Gasteiger partial charge is 0.238 e. The van der Waals surface area contributed by atoms with Gasteiger partial charge in [-0.25, -0.2) is 0 Å². The molecule has 0 atom stereocenters. The third kappa shape index (κ3) is 4.62. The van der Waals surface area contributed by atoms with Gasteiger partial charge in [0.15, 0.2) is 0 Å². The number of rotatable bonds is 8. The minimum absolute atomic E-state index is 0.0773. The van der Waals surface area contributed by atoms with Crippen molar-refractivity contribution < 1.29 is 4.79 Å². The molecule has 1 aliphatic rings. The third-order valence-corrected chi connectivity index (χ3v) is 3.68. The monoisotopic (exact) mass is 275 g/mol. The molecule has 0 heterocycles. The summed E-state index contributed by atoms with van der Waals surface area (Å²) < 4.78 is 0. The first-order chi connectivity index (χ1) is 9.72. The molecule has 4 heteroatoms. The first-order valence-corrected chi connectivity index (χ1v) is 7.56. The van der Waals surface area contributed by atoms with Crippen LogP contribution in [-0.2, 0) is 11.3 Å². The highest BCUT2D eigenvalue weighted by atomic mass is 16.2. The van der Waals surface area contributed by atoms with E-state index in [1.807, 2.05) is 24.3 Å². The van der Waals surface area contributed by atoms with Gasteiger partial charge in [-0.2, -0.15) is 0 Å². The van der Waals surface area contributed by atoms with Gasteiger partial charge in [-0.15, -0.1) is 0 Å². The van der Waals surface area contributed by atoms with Gasteiger partial charge in [0.2, 0.25) is 5.91 Å². The Morgan fingerprint density at radius 3 is 2.60 bits per heavy atom. The summed E-state index contributed by atoms with van der Waals surface area (Å²) in [5, 5.41) is 2.96. The number of nitrogens with zero attached hydrogens (tertiary/aromatic N) is 1. The van der Waals surface area contributed by atoms with E-state index >= 15 is 0 Å². The van der Waals surface area contributed by atoms with Crippen LogP contribution in [0.4, 0.5) is 5.69 Å². The molecule has 0 radical (unpaired) electrons. The molecular weight excluding hydrogens is 250 g/mol. The summed E-state index contributed by atoms with van der Waals surface area (Å²) in [5.41, 5.74) is 7.48. The molecule has 4 nitrogen and oxygen atoms in total. The van der Waals surface area contributed by atoms with Crippen LogP contribution in [0.3, 0.4) is 0 Å². The van der Waals surface area contributed by atoms with E-state index in [1.165, 1.54) is 19.3 Å². The van der Waals surface area contributed by atoms with E-state index in [0.29, 0.717) is 19.1 Å². The van der Waals surface area contributed by atoms with Gasteiger partial charge in [0.1, 0.15) is 0 Å². The SMILES string of the molecule is CCCCN(CC(=O)Nc1ccc(CN)cc1)C1CC1. The Labute approximate surface area is 121 Å². The fourth-order valence-electron chi connectivity index (χ4n) is 2.30. The lowest BCUT2D eigenvalue weighted by Crippen LogP contribution is -2.35. The number of hydrogen-bond donors (Lipinski definition) is 2. The summed E-state index contributed by atoms with van der Waals surface area (Å²) in [6.07, 6.45) is 4.81. The molecule has 3 N–H and O–H groups in total. The molecule has 1 aromatic rings. The van der Waals surface area contributed by atoms with E-state index in [2.05, 4.69) is 17.1 Å². The summed E-state index contributed by atoms with van der Waals surface area (Å²) in [7, 11) is 0. The van der Waals surface area contributed by atoms with Gasteiger partial charge in [0.05, 0.1) is 6.54 Å². The Balaban J connectivity index is 1.83. The van der Waals surface area contributed by atoms with Crippen LogP contribution in [0.1, 0.15) is 38.2 Å². The average molecular weight is 275 g/mol. The summed E-state index contributed by atoms with van der Waals surface area (Å²) >= 11 is 0. The van der Waals surface area contributed by atoms with Crippen molar-refractivity contribution in [3.63, 3.8) is 0 Å². The maximum atomic E-state index is 12.1. The summed E-state index contributed by atoms with van der Waals surface area (Å²) in [4.78, 5) is 14.4. The molecule has 0 saturated heterocycles. The fourth-order valence-corrected chi connectivity index (χ4v) is 2.30. The minimum Gasteiger partial charge on any atom is -0.326 e. The van der Waals surface area contributed by atoms with E-state index in [1.54, 1.807) is 0 Å². The molecule has 1 aromatic carbocycles. The van der Waals surface area contributed by atoms with Crippen molar-refractivity contribution in [2.45, 2.75) is 45.2 Å². The molecule has 1 fully saturated rings. The van der Waals surface area contributed by atoms with Gasteiger partial charge in [0, 0.05) is 18.3 Å². The molecule has 110 valence electrons. The average Bonchev–Trinajstić information content (AvgIpc) is 3.29. The molecule has 1 saturated carbocycles. The quantitative estimate of drug-likeness (QED) is 0.765. The number of unbranched alkanes of at least 4 members (excludes halogenated alkanes) is 1. The van der Waals surface area contributed by atoms with Gasteiger partial charge in [-0.1, -0.05) is 25.5 Å². The fraction of sp³-hybridized carbons (Fsp3) is 0.562. The predicted octanol–water partition coefficient (Wildman–Crippen LogP) is 2.35. The van der Waals surface area contributed by atoms with Crippen molar-refractivity contribution in [1.29, 1.82) is 0 Å². The molecule has 0 unspecified atom stereocenters. The van der Waals surface area contributed by atoms with Crippen LogP contribution >= 0.6 is 0 Å². The van der Waals surface area contributed by atoms with E-state index in [0.717, 1.165) is 24.2 Å². The van der Waals surface area contributed by atoms with Crippen LogP contribution in [0.25, 0.3) is 0 Å². The maximum Gasteiger partial charge on any atom is 0.238 e. The largest absolute Gasteiger partial charge is 0.326 e. The number of hydrogen-bond acceptors (Lipinski definition) is 3. The van der Waals surface area contributed by atoms with E-state index in [9.17, 15) is 4.79 Å². The van der Waals surface area contributed by atoms with Gasteiger partial charge in [-0.3, -0.25) is 9.69 Å². The van der Waals surface area contributed by atoms with Gasteiger partial charge in [-0.05, 0) is 43.5 Å². The molecular formula is C16H25N3O. The number of carbonyl (C=O) groups excluding carboxylic acids is 1. The van der Waals surface area contributed by atoms with Crippen LogP contribution in [0.15, 0.2) is 24.3 Å². The van der Waals surface area contributed by atoms with Crippen LogP contribution in [0, 0.1) is 0 Å². The molecule has 1 amide bonds. The minimum atomic E-state index is 0.0773. The zero-order chi connectivity index (χ0) is 14.4. The van der Waals surface area contributed by atoms with Crippen LogP contribution < -0.4 is 11.1 Å². The Bertz CT molecular complexity index is 426. The Morgan fingerprint density at radius 1 is 1.35 bits per heavy atom. The first kappa shape index (κ1) is 15.0. The van der Waals surface area contributed by atoms with Crippen LogP contribution in [-0.4, -0.2) is 29.9 Å². The van der Waals surface area contributed by atoms with E-state index in [4.69, 9.17) is 5.73 Å². The zero-order valence-electron chi connectivity index (χ0n) is 12.3. The molecule has 0 spiro atoms. The molecule has 1 aliphatic carbocycles. The number of benzene rings is 1. The summed E-state index contributed by atoms with van der Waals surface area (Å²) in [6.45, 7) is 4.24. The number of nitrogens with one attached hydrogen (secondary N) is 1. The van der Waals surface area contributed by atoms with Gasteiger partial charge >= 0.3 is 0 Å². The first-order valence-electron chi connectivity index (χ1n) is 7.56. The molecule has 0 aliphatic heterocycles. The lowest BCUT2D eigenvalue weighted by atomic mass is 10.2. The summed E-state index contributed by atoms with van der Waals surface area (Å²) in [5.74, 6) is 0.0773. The van der Waals surface area contributed by atoms with Crippen molar-refractivity contribution >= 4 is 11.6 Å². The topological polar surface area (TPSA) is 58.4 Å². The van der Waals surface area contributed by atoms with Crippen molar-refractivity contribution in [3.8, 4) is 0 Å².